The lowest BCUT2D eigenvalue weighted by molar-refractivity contribution is 0.427. The van der Waals surface area contributed by atoms with Gasteiger partial charge in [0.15, 0.2) is 0 Å². The van der Waals surface area contributed by atoms with E-state index in [-0.39, 0.29) is 0 Å². The summed E-state index contributed by atoms with van der Waals surface area (Å²) in [5.41, 5.74) is 2.40. The Hall–Kier alpha value is -1.31. The van der Waals surface area contributed by atoms with Crippen molar-refractivity contribution >= 4 is 5.84 Å². The first-order valence-electron chi connectivity index (χ1n) is 4.74. The maximum absolute atomic E-state index is 7.92. The Morgan fingerprint density at radius 3 is 2.85 bits per heavy atom. The summed E-state index contributed by atoms with van der Waals surface area (Å²) >= 11 is 0. The molecule has 1 aromatic carbocycles. The van der Waals surface area contributed by atoms with Crippen LogP contribution < -0.4 is 0 Å². The molecule has 13 heavy (non-hydrogen) atoms. The first-order valence-corrected chi connectivity index (χ1v) is 4.74. The van der Waals surface area contributed by atoms with E-state index in [1.165, 1.54) is 5.56 Å². The summed E-state index contributed by atoms with van der Waals surface area (Å²) in [7, 11) is 0. The number of benzene rings is 1. The van der Waals surface area contributed by atoms with Gasteiger partial charge in [-0.05, 0) is 12.0 Å². The molecule has 0 fully saturated rings. The van der Waals surface area contributed by atoms with E-state index in [2.05, 4.69) is 17.9 Å². The van der Waals surface area contributed by atoms with Crippen LogP contribution in [0.15, 0.2) is 24.3 Å². The first kappa shape index (κ1) is 8.30. The second-order valence-electron chi connectivity index (χ2n) is 3.43. The van der Waals surface area contributed by atoms with E-state index >= 15 is 0 Å². The molecule has 1 N–H and O–H groups in total. The van der Waals surface area contributed by atoms with Gasteiger partial charge in [0.05, 0.1) is 0 Å². The second kappa shape index (κ2) is 3.21. The number of fused-ring (bicyclic) bond motifs is 1. The van der Waals surface area contributed by atoms with Gasteiger partial charge in [-0.15, -0.1) is 0 Å². The highest BCUT2D eigenvalue weighted by Gasteiger charge is 2.21. The molecule has 1 aromatic rings. The number of nitrogens with zero attached hydrogens (tertiary/aromatic N) is 1. The third-order valence-electron chi connectivity index (χ3n) is 2.44. The molecule has 2 rings (SSSR count). The Morgan fingerprint density at radius 1 is 1.38 bits per heavy atom. The number of amidine groups is 1. The van der Waals surface area contributed by atoms with Crippen molar-refractivity contribution in [3.8, 4) is 0 Å². The third-order valence-corrected chi connectivity index (χ3v) is 2.44. The monoisotopic (exact) mass is 174 g/mol. The smallest absolute Gasteiger partial charge is 0.128 e. The Bertz CT molecular complexity index is 331. The Labute approximate surface area is 78.7 Å². The van der Waals surface area contributed by atoms with Gasteiger partial charge in [-0.25, -0.2) is 0 Å². The van der Waals surface area contributed by atoms with Gasteiger partial charge in [-0.3, -0.25) is 5.41 Å². The van der Waals surface area contributed by atoms with Crippen LogP contribution in [0, 0.1) is 5.41 Å². The van der Waals surface area contributed by atoms with Crippen LogP contribution >= 0.6 is 0 Å². The highest BCUT2D eigenvalue weighted by atomic mass is 15.2. The van der Waals surface area contributed by atoms with Gasteiger partial charge in [0.2, 0.25) is 0 Å². The van der Waals surface area contributed by atoms with Crippen LogP contribution in [0.4, 0.5) is 0 Å². The molecule has 1 heterocycles. The van der Waals surface area contributed by atoms with Gasteiger partial charge < -0.3 is 4.90 Å². The van der Waals surface area contributed by atoms with E-state index in [0.717, 1.165) is 25.1 Å². The molecule has 0 saturated carbocycles. The van der Waals surface area contributed by atoms with Crippen LogP contribution in [-0.2, 0) is 6.54 Å². The lowest BCUT2D eigenvalue weighted by atomic mass is 10.1. The summed E-state index contributed by atoms with van der Waals surface area (Å²) in [5.74, 6) is 0.692. The predicted octanol–water partition coefficient (Wildman–Crippen LogP) is 2.24. The topological polar surface area (TPSA) is 27.1 Å². The van der Waals surface area contributed by atoms with Crippen molar-refractivity contribution in [2.75, 3.05) is 6.54 Å². The zero-order valence-corrected chi connectivity index (χ0v) is 7.88. The molecule has 0 spiro atoms. The normalized spacial score (nSPS) is 14.8. The SMILES string of the molecule is CCCN1Cc2ccccc2C1=N. The molecule has 2 heteroatoms. The molecule has 0 bridgehead atoms. The molecule has 2 nitrogen and oxygen atoms in total. The van der Waals surface area contributed by atoms with Crippen LogP contribution in [-0.4, -0.2) is 17.3 Å². The summed E-state index contributed by atoms with van der Waals surface area (Å²) in [6.45, 7) is 4.06. The number of hydrogen-bond acceptors (Lipinski definition) is 1. The van der Waals surface area contributed by atoms with E-state index in [4.69, 9.17) is 5.41 Å². The minimum atomic E-state index is 0.692. The molecule has 0 aliphatic carbocycles. The largest absolute Gasteiger partial charge is 0.352 e. The average molecular weight is 174 g/mol. The predicted molar refractivity (Wildman–Crippen MR) is 54.0 cm³/mol. The van der Waals surface area contributed by atoms with Crippen molar-refractivity contribution in [3.63, 3.8) is 0 Å². The Balaban J connectivity index is 2.28. The minimum absolute atomic E-state index is 0.692. The van der Waals surface area contributed by atoms with Gasteiger partial charge in [0.25, 0.3) is 0 Å². The maximum atomic E-state index is 7.92. The van der Waals surface area contributed by atoms with Crippen LogP contribution in [0.1, 0.15) is 24.5 Å². The van der Waals surface area contributed by atoms with Crippen molar-refractivity contribution in [1.29, 1.82) is 5.41 Å². The first-order chi connectivity index (χ1) is 6.33. The van der Waals surface area contributed by atoms with Crippen molar-refractivity contribution in [2.45, 2.75) is 19.9 Å². The molecule has 1 aliphatic heterocycles. The molecule has 0 amide bonds. The lowest BCUT2D eigenvalue weighted by Gasteiger charge is -2.15. The van der Waals surface area contributed by atoms with Gasteiger partial charge in [-0.1, -0.05) is 31.2 Å². The number of nitrogens with one attached hydrogen (secondary N) is 1. The Morgan fingerprint density at radius 2 is 2.15 bits per heavy atom. The van der Waals surface area contributed by atoms with E-state index in [0.29, 0.717) is 5.84 Å². The minimum Gasteiger partial charge on any atom is -0.352 e. The fourth-order valence-electron chi connectivity index (χ4n) is 1.81. The zero-order chi connectivity index (χ0) is 9.26. The summed E-state index contributed by atoms with van der Waals surface area (Å²) < 4.78 is 0. The van der Waals surface area contributed by atoms with Gasteiger partial charge >= 0.3 is 0 Å². The number of rotatable bonds is 2. The summed E-state index contributed by atoms with van der Waals surface area (Å²) in [4.78, 5) is 2.13. The third kappa shape index (κ3) is 1.32. The van der Waals surface area contributed by atoms with E-state index in [1.54, 1.807) is 0 Å². The molecule has 0 aromatic heterocycles. The van der Waals surface area contributed by atoms with Crippen molar-refractivity contribution in [3.05, 3.63) is 35.4 Å². The molecule has 1 aliphatic rings. The zero-order valence-electron chi connectivity index (χ0n) is 7.88. The summed E-state index contributed by atoms with van der Waals surface area (Å²) in [6, 6.07) is 8.19. The molecular formula is C11H14N2. The second-order valence-corrected chi connectivity index (χ2v) is 3.43. The van der Waals surface area contributed by atoms with Gasteiger partial charge in [0.1, 0.15) is 5.84 Å². The van der Waals surface area contributed by atoms with Gasteiger partial charge in [0, 0.05) is 18.7 Å². The van der Waals surface area contributed by atoms with Gasteiger partial charge in [-0.2, -0.15) is 0 Å². The van der Waals surface area contributed by atoms with Crippen molar-refractivity contribution in [2.24, 2.45) is 0 Å². The van der Waals surface area contributed by atoms with E-state index in [9.17, 15) is 0 Å². The summed E-state index contributed by atoms with van der Waals surface area (Å²) in [5, 5.41) is 7.92. The quantitative estimate of drug-likeness (QED) is 0.731. The molecule has 0 radical (unpaired) electrons. The standard InChI is InChI=1S/C11H14N2/c1-2-7-13-8-9-5-3-4-6-10(9)11(13)12/h3-6,12H,2,7-8H2,1H3. The fraction of sp³-hybridized carbons (Fsp3) is 0.364. The van der Waals surface area contributed by atoms with Crippen molar-refractivity contribution in [1.82, 2.24) is 4.90 Å². The van der Waals surface area contributed by atoms with E-state index in [1.807, 2.05) is 18.2 Å². The molecule has 0 atom stereocenters. The fourth-order valence-corrected chi connectivity index (χ4v) is 1.81. The average Bonchev–Trinajstić information content (AvgIpc) is 2.46. The maximum Gasteiger partial charge on any atom is 0.128 e. The number of hydrogen-bond donors (Lipinski definition) is 1. The van der Waals surface area contributed by atoms with Crippen LogP contribution in [0.25, 0.3) is 0 Å². The van der Waals surface area contributed by atoms with Crippen LogP contribution in [0.3, 0.4) is 0 Å². The van der Waals surface area contributed by atoms with Crippen molar-refractivity contribution < 1.29 is 0 Å². The molecule has 0 saturated heterocycles. The van der Waals surface area contributed by atoms with Crippen LogP contribution in [0.5, 0.6) is 0 Å². The lowest BCUT2D eigenvalue weighted by Crippen LogP contribution is -2.24. The van der Waals surface area contributed by atoms with Crippen LogP contribution in [0.2, 0.25) is 0 Å². The molecule has 0 unspecified atom stereocenters. The Kier molecular flexibility index (Phi) is 2.05. The van der Waals surface area contributed by atoms with E-state index < -0.39 is 0 Å². The highest BCUT2D eigenvalue weighted by Crippen LogP contribution is 2.21. The summed E-state index contributed by atoms with van der Waals surface area (Å²) in [6.07, 6.45) is 1.11. The molecule has 68 valence electrons. The molecular weight excluding hydrogens is 160 g/mol. The highest BCUT2D eigenvalue weighted by molar-refractivity contribution is 6.00.